The zero-order valence-corrected chi connectivity index (χ0v) is 17.5. The molecule has 3 aromatic carbocycles. The Morgan fingerprint density at radius 2 is 1.65 bits per heavy atom. The first-order valence-electron chi connectivity index (χ1n) is 10.4. The van der Waals surface area contributed by atoms with Gasteiger partial charge in [-0.3, -0.25) is 4.79 Å². The Kier molecular flexibility index (Phi) is 6.13. The van der Waals surface area contributed by atoms with Crippen LogP contribution >= 0.6 is 0 Å². The summed E-state index contributed by atoms with van der Waals surface area (Å²) in [5.41, 5.74) is 4.17. The number of amides is 2. The molecule has 0 aliphatic carbocycles. The maximum absolute atomic E-state index is 13.1. The molecule has 0 aliphatic heterocycles. The predicted molar refractivity (Wildman–Crippen MR) is 125 cm³/mol. The second-order valence-corrected chi connectivity index (χ2v) is 7.67. The highest BCUT2D eigenvalue weighted by Gasteiger charge is 2.16. The lowest BCUT2D eigenvalue weighted by Crippen LogP contribution is -2.37. The average molecular weight is 412 g/mol. The van der Waals surface area contributed by atoms with E-state index in [0.29, 0.717) is 18.5 Å². The third-order valence-electron chi connectivity index (χ3n) is 5.26. The molecule has 31 heavy (non-hydrogen) atoms. The minimum absolute atomic E-state index is 0.173. The Balaban J connectivity index is 1.60. The maximum Gasteiger partial charge on any atom is 0.322 e. The third-order valence-corrected chi connectivity index (χ3v) is 5.26. The number of H-pyrrole nitrogens is 1. The standard InChI is InChI=1S/C26H25N3O2/c1-19-12-13-24-21(16-19)17-22(25(30)28-24)18-29(15-14-20-8-4-2-5-9-20)26(31)27-23-10-6-3-7-11-23/h2-13,16-17H,14-15,18H2,1H3,(H,27,31)(H,28,30). The number of fused-ring (bicyclic) bond motifs is 1. The van der Waals surface area contributed by atoms with E-state index in [2.05, 4.69) is 10.3 Å². The summed E-state index contributed by atoms with van der Waals surface area (Å²) in [6.07, 6.45) is 0.702. The molecule has 0 radical (unpaired) electrons. The largest absolute Gasteiger partial charge is 0.322 e. The molecule has 2 N–H and O–H groups in total. The summed E-state index contributed by atoms with van der Waals surface area (Å²) in [5, 5.41) is 3.90. The van der Waals surface area contributed by atoms with Crippen LogP contribution in [0.3, 0.4) is 0 Å². The first-order valence-corrected chi connectivity index (χ1v) is 10.4. The van der Waals surface area contributed by atoms with Crippen molar-refractivity contribution < 1.29 is 4.79 Å². The average Bonchev–Trinajstić information content (AvgIpc) is 2.78. The van der Waals surface area contributed by atoms with E-state index >= 15 is 0 Å². The number of para-hydroxylation sites is 1. The smallest absolute Gasteiger partial charge is 0.322 e. The van der Waals surface area contributed by atoms with Crippen LogP contribution in [0.2, 0.25) is 0 Å². The first-order chi connectivity index (χ1) is 15.1. The lowest BCUT2D eigenvalue weighted by atomic mass is 10.1. The van der Waals surface area contributed by atoms with Crippen LogP contribution in [-0.4, -0.2) is 22.5 Å². The summed E-state index contributed by atoms with van der Waals surface area (Å²) in [7, 11) is 0. The normalized spacial score (nSPS) is 10.7. The fourth-order valence-corrected chi connectivity index (χ4v) is 3.58. The Hall–Kier alpha value is -3.86. The number of carbonyl (C=O) groups excluding carboxylic acids is 1. The second kappa shape index (κ2) is 9.30. The molecule has 0 spiro atoms. The molecule has 5 heteroatoms. The van der Waals surface area contributed by atoms with Crippen LogP contribution in [0.5, 0.6) is 0 Å². The molecule has 1 aromatic heterocycles. The SMILES string of the molecule is Cc1ccc2[nH]c(=O)c(CN(CCc3ccccc3)C(=O)Nc3ccccc3)cc2c1. The number of rotatable bonds is 6. The Morgan fingerprint density at radius 1 is 0.935 bits per heavy atom. The minimum atomic E-state index is -0.231. The van der Waals surface area contributed by atoms with Gasteiger partial charge in [0.1, 0.15) is 0 Å². The van der Waals surface area contributed by atoms with E-state index < -0.39 is 0 Å². The molecule has 0 saturated heterocycles. The topological polar surface area (TPSA) is 65.2 Å². The summed E-state index contributed by atoms with van der Waals surface area (Å²) >= 11 is 0. The molecule has 4 aromatic rings. The van der Waals surface area contributed by atoms with Crippen molar-refractivity contribution in [3.8, 4) is 0 Å². The Bertz CT molecular complexity index is 1230. The van der Waals surface area contributed by atoms with Crippen molar-refractivity contribution >= 4 is 22.6 Å². The molecule has 4 rings (SSSR count). The summed E-state index contributed by atoms with van der Waals surface area (Å²) in [6.45, 7) is 2.74. The molecule has 0 unspecified atom stereocenters. The summed E-state index contributed by atoms with van der Waals surface area (Å²) in [5.74, 6) is 0. The monoisotopic (exact) mass is 411 g/mol. The highest BCUT2D eigenvalue weighted by molar-refractivity contribution is 5.89. The molecule has 0 saturated carbocycles. The molecule has 5 nitrogen and oxygen atoms in total. The maximum atomic E-state index is 13.1. The lowest BCUT2D eigenvalue weighted by molar-refractivity contribution is 0.209. The molecule has 156 valence electrons. The van der Waals surface area contributed by atoms with E-state index in [9.17, 15) is 9.59 Å². The van der Waals surface area contributed by atoms with E-state index in [1.54, 1.807) is 4.90 Å². The molecule has 1 heterocycles. The number of carbonyl (C=O) groups is 1. The number of anilines is 1. The fourth-order valence-electron chi connectivity index (χ4n) is 3.58. The van der Waals surface area contributed by atoms with E-state index in [4.69, 9.17) is 0 Å². The van der Waals surface area contributed by atoms with Crippen molar-refractivity contribution in [3.63, 3.8) is 0 Å². The van der Waals surface area contributed by atoms with Gasteiger partial charge in [0, 0.05) is 23.3 Å². The van der Waals surface area contributed by atoms with E-state index in [1.165, 1.54) is 0 Å². The van der Waals surface area contributed by atoms with E-state index in [-0.39, 0.29) is 18.1 Å². The van der Waals surface area contributed by atoms with Crippen molar-refractivity contribution in [2.45, 2.75) is 19.9 Å². The number of nitrogens with one attached hydrogen (secondary N) is 2. The number of urea groups is 1. The van der Waals surface area contributed by atoms with Gasteiger partial charge in [0.05, 0.1) is 6.54 Å². The van der Waals surface area contributed by atoms with Gasteiger partial charge < -0.3 is 15.2 Å². The van der Waals surface area contributed by atoms with Gasteiger partial charge in [-0.2, -0.15) is 0 Å². The number of hydrogen-bond acceptors (Lipinski definition) is 2. The van der Waals surface area contributed by atoms with Crippen molar-refractivity contribution in [3.05, 3.63) is 112 Å². The van der Waals surface area contributed by atoms with Gasteiger partial charge in [0.15, 0.2) is 0 Å². The Labute approximate surface area is 181 Å². The predicted octanol–water partition coefficient (Wildman–Crippen LogP) is 5.11. The molecular weight excluding hydrogens is 386 g/mol. The zero-order valence-electron chi connectivity index (χ0n) is 17.5. The summed E-state index contributed by atoms with van der Waals surface area (Å²) < 4.78 is 0. The number of aryl methyl sites for hydroxylation is 1. The summed E-state index contributed by atoms with van der Waals surface area (Å²) in [6, 6.07) is 26.9. The van der Waals surface area contributed by atoms with E-state index in [1.807, 2.05) is 91.9 Å². The van der Waals surface area contributed by atoms with Gasteiger partial charge in [-0.1, -0.05) is 60.2 Å². The molecular formula is C26H25N3O2. The van der Waals surface area contributed by atoms with Gasteiger partial charge in [0.2, 0.25) is 0 Å². The highest BCUT2D eigenvalue weighted by atomic mass is 16.2. The zero-order chi connectivity index (χ0) is 21.6. The van der Waals surface area contributed by atoms with Gasteiger partial charge in [-0.05, 0) is 54.6 Å². The van der Waals surface area contributed by atoms with Crippen LogP contribution in [0.15, 0.2) is 89.7 Å². The number of benzene rings is 3. The fraction of sp³-hybridized carbons (Fsp3) is 0.154. The summed E-state index contributed by atoms with van der Waals surface area (Å²) in [4.78, 5) is 30.4. The van der Waals surface area contributed by atoms with Crippen LogP contribution in [0.4, 0.5) is 10.5 Å². The number of nitrogens with zero attached hydrogens (tertiary/aromatic N) is 1. The van der Waals surface area contributed by atoms with Crippen LogP contribution in [0.25, 0.3) is 10.9 Å². The number of pyridine rings is 1. The lowest BCUT2D eigenvalue weighted by Gasteiger charge is -2.23. The molecule has 0 atom stereocenters. The highest BCUT2D eigenvalue weighted by Crippen LogP contribution is 2.15. The molecule has 0 aliphatic rings. The van der Waals surface area contributed by atoms with Crippen molar-refractivity contribution in [2.24, 2.45) is 0 Å². The number of hydrogen-bond donors (Lipinski definition) is 2. The number of aromatic amines is 1. The van der Waals surface area contributed by atoms with Crippen LogP contribution in [0, 0.1) is 6.92 Å². The second-order valence-electron chi connectivity index (χ2n) is 7.67. The minimum Gasteiger partial charge on any atom is -0.322 e. The molecule has 2 amide bonds. The Morgan fingerprint density at radius 3 is 2.39 bits per heavy atom. The van der Waals surface area contributed by atoms with Crippen molar-refractivity contribution in [1.29, 1.82) is 0 Å². The third kappa shape index (κ3) is 5.20. The van der Waals surface area contributed by atoms with Gasteiger partial charge >= 0.3 is 6.03 Å². The van der Waals surface area contributed by atoms with Gasteiger partial charge in [-0.25, -0.2) is 4.79 Å². The van der Waals surface area contributed by atoms with Gasteiger partial charge in [-0.15, -0.1) is 0 Å². The van der Waals surface area contributed by atoms with Crippen LogP contribution in [0.1, 0.15) is 16.7 Å². The quantitative estimate of drug-likeness (QED) is 0.463. The van der Waals surface area contributed by atoms with E-state index in [0.717, 1.165) is 27.7 Å². The van der Waals surface area contributed by atoms with Crippen LogP contribution < -0.4 is 10.9 Å². The van der Waals surface area contributed by atoms with Crippen LogP contribution in [-0.2, 0) is 13.0 Å². The van der Waals surface area contributed by atoms with Gasteiger partial charge in [0.25, 0.3) is 5.56 Å². The van der Waals surface area contributed by atoms with Crippen molar-refractivity contribution in [2.75, 3.05) is 11.9 Å². The van der Waals surface area contributed by atoms with Crippen molar-refractivity contribution in [1.82, 2.24) is 9.88 Å². The molecule has 0 bridgehead atoms. The molecule has 0 fully saturated rings. The number of aromatic nitrogens is 1. The first kappa shape index (κ1) is 20.4.